The van der Waals surface area contributed by atoms with Gasteiger partial charge in [0.25, 0.3) is 0 Å². The number of methoxy groups -OCH3 is 1. The fourth-order valence-corrected chi connectivity index (χ4v) is 2.30. The Kier molecular flexibility index (Phi) is 4.87. The molecule has 0 amide bonds. The van der Waals surface area contributed by atoms with Crippen molar-refractivity contribution in [1.29, 1.82) is 0 Å². The van der Waals surface area contributed by atoms with Gasteiger partial charge in [-0.25, -0.2) is 9.37 Å². The zero-order chi connectivity index (χ0) is 13.7. The van der Waals surface area contributed by atoms with Crippen molar-refractivity contribution in [2.45, 2.75) is 13.0 Å². The number of halogens is 1. The molecule has 0 saturated heterocycles. The summed E-state index contributed by atoms with van der Waals surface area (Å²) in [7, 11) is 3.56. The number of nitrogens with zero attached hydrogens (tertiary/aromatic N) is 2. The number of pyridine rings is 1. The lowest BCUT2D eigenvalue weighted by atomic mass is 10.1. The van der Waals surface area contributed by atoms with Crippen LogP contribution in [0.25, 0.3) is 0 Å². The Hall–Kier alpha value is -1.46. The average molecular weight is 265 g/mol. The second-order valence-corrected chi connectivity index (χ2v) is 4.66. The van der Waals surface area contributed by atoms with Crippen LogP contribution in [-0.4, -0.2) is 38.8 Å². The smallest absolute Gasteiger partial charge is 0.141 e. The van der Waals surface area contributed by atoms with Crippen molar-refractivity contribution >= 4 is 5.82 Å². The molecule has 1 aromatic heterocycles. The number of nitrogens with one attached hydrogen (secondary N) is 1. The van der Waals surface area contributed by atoms with Gasteiger partial charge in [0.1, 0.15) is 11.6 Å². The number of ether oxygens (including phenoxy) is 1. The van der Waals surface area contributed by atoms with Crippen LogP contribution in [0.4, 0.5) is 10.2 Å². The van der Waals surface area contributed by atoms with Gasteiger partial charge in [-0.2, -0.15) is 0 Å². The molecule has 5 heteroatoms. The Morgan fingerprint density at radius 2 is 2.37 bits per heavy atom. The number of hydrogen-bond donors (Lipinski definition) is 1. The Labute approximate surface area is 113 Å². The molecular weight excluding hydrogens is 245 g/mol. The average Bonchev–Trinajstić information content (AvgIpc) is 2.41. The van der Waals surface area contributed by atoms with Crippen LogP contribution in [0.15, 0.2) is 23.9 Å². The first-order valence-corrected chi connectivity index (χ1v) is 6.45. The normalized spacial score (nSPS) is 15.5. The van der Waals surface area contributed by atoms with Crippen molar-refractivity contribution in [2.75, 3.05) is 38.8 Å². The number of aromatic nitrogens is 1. The molecule has 19 heavy (non-hydrogen) atoms. The molecule has 104 valence electrons. The quantitative estimate of drug-likeness (QED) is 0.823. The molecule has 1 aliphatic rings. The fourth-order valence-electron chi connectivity index (χ4n) is 2.30. The third-order valence-corrected chi connectivity index (χ3v) is 3.21. The summed E-state index contributed by atoms with van der Waals surface area (Å²) in [6, 6.07) is 1.55. The highest BCUT2D eigenvalue weighted by atomic mass is 19.1. The highest BCUT2D eigenvalue weighted by molar-refractivity contribution is 5.48. The highest BCUT2D eigenvalue weighted by Gasteiger charge is 2.16. The van der Waals surface area contributed by atoms with Gasteiger partial charge in [0.2, 0.25) is 0 Å². The van der Waals surface area contributed by atoms with E-state index in [9.17, 15) is 4.39 Å². The van der Waals surface area contributed by atoms with E-state index in [-0.39, 0.29) is 5.82 Å². The third kappa shape index (κ3) is 3.52. The molecule has 0 radical (unpaired) electrons. The maximum atomic E-state index is 13.3. The lowest BCUT2D eigenvalue weighted by molar-refractivity contribution is 0.222. The summed E-state index contributed by atoms with van der Waals surface area (Å²) in [6.45, 7) is 3.00. The standard InChI is InChI=1S/C14H20FN3O/c1-16-8-12-7-13(15)9-17-14(12)18-5-3-11(4-6-18)10-19-2/h3,7,9,16H,4-6,8,10H2,1-2H3. The van der Waals surface area contributed by atoms with Crippen LogP contribution in [0.2, 0.25) is 0 Å². The predicted octanol–water partition coefficient (Wildman–Crippen LogP) is 1.72. The summed E-state index contributed by atoms with van der Waals surface area (Å²) >= 11 is 0. The van der Waals surface area contributed by atoms with Crippen LogP contribution >= 0.6 is 0 Å². The van der Waals surface area contributed by atoms with E-state index in [1.807, 2.05) is 7.05 Å². The van der Waals surface area contributed by atoms with Crippen LogP contribution < -0.4 is 10.2 Å². The van der Waals surface area contributed by atoms with Crippen LogP contribution in [0.1, 0.15) is 12.0 Å². The lowest BCUT2D eigenvalue weighted by Gasteiger charge is -2.29. The van der Waals surface area contributed by atoms with Gasteiger partial charge in [0, 0.05) is 32.3 Å². The van der Waals surface area contributed by atoms with Crippen LogP contribution in [0, 0.1) is 5.82 Å². The van der Waals surface area contributed by atoms with Crippen molar-refractivity contribution in [3.8, 4) is 0 Å². The van der Waals surface area contributed by atoms with Crippen molar-refractivity contribution < 1.29 is 9.13 Å². The van der Waals surface area contributed by atoms with Gasteiger partial charge in [-0.1, -0.05) is 6.08 Å². The first-order chi connectivity index (χ1) is 9.24. The van der Waals surface area contributed by atoms with Gasteiger partial charge in [0.15, 0.2) is 0 Å². The highest BCUT2D eigenvalue weighted by Crippen LogP contribution is 2.22. The number of rotatable bonds is 5. The molecule has 0 unspecified atom stereocenters. The number of anilines is 1. The summed E-state index contributed by atoms with van der Waals surface area (Å²) in [5.41, 5.74) is 2.21. The first kappa shape index (κ1) is 14.0. The Bertz CT molecular complexity index is 462. The van der Waals surface area contributed by atoms with E-state index >= 15 is 0 Å². The largest absolute Gasteiger partial charge is 0.380 e. The van der Waals surface area contributed by atoms with Gasteiger partial charge in [-0.05, 0) is 25.1 Å². The lowest BCUT2D eigenvalue weighted by Crippen LogP contribution is -2.31. The topological polar surface area (TPSA) is 37.4 Å². The third-order valence-electron chi connectivity index (χ3n) is 3.21. The monoisotopic (exact) mass is 265 g/mol. The zero-order valence-corrected chi connectivity index (χ0v) is 11.4. The minimum absolute atomic E-state index is 0.290. The molecule has 0 spiro atoms. The first-order valence-electron chi connectivity index (χ1n) is 6.45. The Morgan fingerprint density at radius 1 is 1.53 bits per heavy atom. The van der Waals surface area contributed by atoms with Crippen LogP contribution in [-0.2, 0) is 11.3 Å². The Balaban J connectivity index is 2.14. The second-order valence-electron chi connectivity index (χ2n) is 4.66. The van der Waals surface area contributed by atoms with E-state index in [1.54, 1.807) is 13.2 Å². The van der Waals surface area contributed by atoms with Crippen molar-refractivity contribution in [3.05, 3.63) is 35.3 Å². The minimum atomic E-state index is -0.290. The van der Waals surface area contributed by atoms with E-state index in [4.69, 9.17) is 4.74 Å². The molecule has 0 saturated carbocycles. The SMILES string of the molecule is CNCc1cc(F)cnc1N1CC=C(COC)CC1. The summed E-state index contributed by atoms with van der Waals surface area (Å²) in [4.78, 5) is 6.41. The molecule has 0 aromatic carbocycles. The molecule has 2 rings (SSSR count). The van der Waals surface area contributed by atoms with Crippen LogP contribution in [0.3, 0.4) is 0 Å². The molecule has 0 aliphatic carbocycles. The van der Waals surface area contributed by atoms with E-state index in [1.165, 1.54) is 11.8 Å². The summed E-state index contributed by atoms with van der Waals surface area (Å²) in [5, 5.41) is 3.05. The van der Waals surface area contributed by atoms with E-state index in [2.05, 4.69) is 21.3 Å². The Morgan fingerprint density at radius 3 is 3.00 bits per heavy atom. The molecule has 0 fully saturated rings. The van der Waals surface area contributed by atoms with Crippen molar-refractivity contribution in [2.24, 2.45) is 0 Å². The molecule has 0 bridgehead atoms. The van der Waals surface area contributed by atoms with E-state index in [0.717, 1.165) is 30.9 Å². The maximum absolute atomic E-state index is 13.3. The molecule has 4 nitrogen and oxygen atoms in total. The van der Waals surface area contributed by atoms with Crippen molar-refractivity contribution in [3.63, 3.8) is 0 Å². The maximum Gasteiger partial charge on any atom is 0.141 e. The van der Waals surface area contributed by atoms with Gasteiger partial charge in [0.05, 0.1) is 12.8 Å². The summed E-state index contributed by atoms with van der Waals surface area (Å²) < 4.78 is 18.4. The molecule has 0 atom stereocenters. The van der Waals surface area contributed by atoms with E-state index < -0.39 is 0 Å². The predicted molar refractivity (Wildman–Crippen MR) is 73.7 cm³/mol. The zero-order valence-electron chi connectivity index (χ0n) is 11.4. The van der Waals surface area contributed by atoms with Crippen LogP contribution in [0.5, 0.6) is 0 Å². The molecule has 1 aromatic rings. The van der Waals surface area contributed by atoms with Gasteiger partial charge in [-0.15, -0.1) is 0 Å². The summed E-state index contributed by atoms with van der Waals surface area (Å²) in [6.07, 6.45) is 4.41. The second kappa shape index (κ2) is 6.63. The molecular formula is C14H20FN3O. The molecule has 2 heterocycles. The van der Waals surface area contributed by atoms with Gasteiger partial charge in [-0.3, -0.25) is 0 Å². The number of hydrogen-bond acceptors (Lipinski definition) is 4. The van der Waals surface area contributed by atoms with Gasteiger partial charge < -0.3 is 15.0 Å². The van der Waals surface area contributed by atoms with Crippen molar-refractivity contribution in [1.82, 2.24) is 10.3 Å². The molecule has 1 N–H and O–H groups in total. The molecule has 1 aliphatic heterocycles. The fraction of sp³-hybridized carbons (Fsp3) is 0.500. The minimum Gasteiger partial charge on any atom is -0.380 e. The summed E-state index contributed by atoms with van der Waals surface area (Å²) in [5.74, 6) is 0.574. The van der Waals surface area contributed by atoms with E-state index in [0.29, 0.717) is 13.2 Å². The van der Waals surface area contributed by atoms with Gasteiger partial charge >= 0.3 is 0 Å².